The summed E-state index contributed by atoms with van der Waals surface area (Å²) >= 11 is 0. The third-order valence-corrected chi connectivity index (χ3v) is 5.01. The Hall–Kier alpha value is -0.390. The Balaban J connectivity index is 2.62. The van der Waals surface area contributed by atoms with Gasteiger partial charge in [-0.3, -0.25) is 0 Å². The molecule has 1 rings (SSSR count). The van der Waals surface area contributed by atoms with Gasteiger partial charge in [-0.2, -0.15) is 0 Å². The summed E-state index contributed by atoms with van der Waals surface area (Å²) in [5, 5.41) is 0. The van der Waals surface area contributed by atoms with Crippen molar-refractivity contribution in [1.82, 2.24) is 4.31 Å². The Morgan fingerprint density at radius 3 is 2.88 bits per heavy atom. The van der Waals surface area contributed by atoms with Crippen LogP contribution in [-0.4, -0.2) is 37.6 Å². The number of hydrogen-bond acceptors (Lipinski definition) is 3. The molecule has 0 aliphatic carbocycles. The van der Waals surface area contributed by atoms with E-state index in [1.807, 2.05) is 6.92 Å². The molecule has 1 heterocycles. The summed E-state index contributed by atoms with van der Waals surface area (Å²) < 4.78 is 25.5. The maximum atomic E-state index is 11.9. The number of hydrogen-bond donors (Lipinski definition) is 1. The summed E-state index contributed by atoms with van der Waals surface area (Å²) in [6.07, 6.45) is 4.11. The lowest BCUT2D eigenvalue weighted by Crippen LogP contribution is -2.45. The second-order valence-corrected chi connectivity index (χ2v) is 6.60. The normalized spacial score (nSPS) is 25.2. The van der Waals surface area contributed by atoms with Gasteiger partial charge in [0.1, 0.15) is 0 Å². The van der Waals surface area contributed by atoms with E-state index in [0.29, 0.717) is 25.4 Å². The van der Waals surface area contributed by atoms with E-state index in [4.69, 9.17) is 5.73 Å². The standard InChI is InChI=1S/C11H22N2O2S/c1-3-4-8-16(14,15)13-7-5-6-11(9-13)10(2)12/h3,10-11H,1,4-9,12H2,2H3/t10-,11-/m1/s1. The average Bonchev–Trinajstić information content (AvgIpc) is 2.26. The molecule has 5 heteroatoms. The van der Waals surface area contributed by atoms with Crippen LogP contribution in [0.3, 0.4) is 0 Å². The van der Waals surface area contributed by atoms with E-state index in [1.54, 1.807) is 10.4 Å². The van der Waals surface area contributed by atoms with Gasteiger partial charge in [0.2, 0.25) is 10.0 Å². The second kappa shape index (κ2) is 5.80. The molecule has 0 spiro atoms. The highest BCUT2D eigenvalue weighted by atomic mass is 32.2. The Kier molecular flexibility index (Phi) is 4.95. The molecule has 1 aliphatic rings. The average molecular weight is 246 g/mol. The summed E-state index contributed by atoms with van der Waals surface area (Å²) in [7, 11) is -3.11. The minimum Gasteiger partial charge on any atom is -0.328 e. The van der Waals surface area contributed by atoms with E-state index in [-0.39, 0.29) is 11.8 Å². The summed E-state index contributed by atoms with van der Waals surface area (Å²) in [5.41, 5.74) is 5.84. The van der Waals surface area contributed by atoms with Crippen LogP contribution < -0.4 is 5.73 Å². The van der Waals surface area contributed by atoms with Gasteiger partial charge in [0, 0.05) is 19.1 Å². The monoisotopic (exact) mass is 246 g/mol. The lowest BCUT2D eigenvalue weighted by molar-refractivity contribution is 0.243. The molecule has 0 radical (unpaired) electrons. The van der Waals surface area contributed by atoms with Gasteiger partial charge in [-0.1, -0.05) is 6.08 Å². The van der Waals surface area contributed by atoms with Crippen LogP contribution in [0.1, 0.15) is 26.2 Å². The molecule has 2 N–H and O–H groups in total. The Bertz CT molecular complexity index is 325. The highest BCUT2D eigenvalue weighted by Gasteiger charge is 2.29. The summed E-state index contributed by atoms with van der Waals surface area (Å²) in [5.74, 6) is 0.467. The SMILES string of the molecule is C=CCCS(=O)(=O)N1CCC[C@@H]([C@@H](C)N)C1. The smallest absolute Gasteiger partial charge is 0.214 e. The fourth-order valence-electron chi connectivity index (χ4n) is 2.02. The summed E-state index contributed by atoms with van der Waals surface area (Å²) in [4.78, 5) is 0. The zero-order valence-electron chi connectivity index (χ0n) is 9.93. The second-order valence-electron chi connectivity index (χ2n) is 4.51. The van der Waals surface area contributed by atoms with Crippen LogP contribution >= 0.6 is 0 Å². The summed E-state index contributed by atoms with van der Waals surface area (Å²) in [6.45, 7) is 6.72. The zero-order chi connectivity index (χ0) is 12.2. The Morgan fingerprint density at radius 1 is 1.62 bits per heavy atom. The number of nitrogens with zero attached hydrogens (tertiary/aromatic N) is 1. The van der Waals surface area contributed by atoms with Crippen molar-refractivity contribution in [3.63, 3.8) is 0 Å². The third-order valence-electron chi connectivity index (χ3n) is 3.14. The summed E-state index contributed by atoms with van der Waals surface area (Å²) in [6, 6.07) is 0.0670. The van der Waals surface area contributed by atoms with Crippen LogP contribution in [-0.2, 0) is 10.0 Å². The van der Waals surface area contributed by atoms with Crippen LogP contribution in [0.2, 0.25) is 0 Å². The van der Waals surface area contributed by atoms with Crippen molar-refractivity contribution >= 4 is 10.0 Å². The minimum absolute atomic E-state index is 0.0670. The fraction of sp³-hybridized carbons (Fsp3) is 0.818. The molecule has 1 aliphatic heterocycles. The van der Waals surface area contributed by atoms with Crippen LogP contribution in [0.5, 0.6) is 0 Å². The van der Waals surface area contributed by atoms with Gasteiger partial charge in [-0.15, -0.1) is 6.58 Å². The maximum absolute atomic E-state index is 11.9. The predicted molar refractivity (Wildman–Crippen MR) is 66.5 cm³/mol. The molecular formula is C11H22N2O2S. The van der Waals surface area contributed by atoms with Gasteiger partial charge in [0.25, 0.3) is 0 Å². The Morgan fingerprint density at radius 2 is 2.31 bits per heavy atom. The van der Waals surface area contributed by atoms with Crippen LogP contribution in [0.15, 0.2) is 12.7 Å². The predicted octanol–water partition coefficient (Wildman–Crippen LogP) is 0.951. The molecular weight excluding hydrogens is 224 g/mol. The topological polar surface area (TPSA) is 63.4 Å². The van der Waals surface area contributed by atoms with Crippen molar-refractivity contribution in [2.45, 2.75) is 32.2 Å². The molecule has 1 saturated heterocycles. The lowest BCUT2D eigenvalue weighted by Gasteiger charge is -2.33. The number of rotatable bonds is 5. The lowest BCUT2D eigenvalue weighted by atomic mass is 9.93. The van der Waals surface area contributed by atoms with Gasteiger partial charge < -0.3 is 5.73 Å². The van der Waals surface area contributed by atoms with Crippen LogP contribution in [0.4, 0.5) is 0 Å². The molecule has 94 valence electrons. The van der Waals surface area contributed by atoms with Gasteiger partial charge in [0.15, 0.2) is 0 Å². The molecule has 0 aromatic carbocycles. The molecule has 16 heavy (non-hydrogen) atoms. The molecule has 0 bridgehead atoms. The van der Waals surface area contributed by atoms with Crippen molar-refractivity contribution < 1.29 is 8.42 Å². The minimum atomic E-state index is -3.11. The quantitative estimate of drug-likeness (QED) is 0.735. The molecule has 0 saturated carbocycles. The molecule has 2 atom stereocenters. The maximum Gasteiger partial charge on any atom is 0.214 e. The molecule has 0 unspecified atom stereocenters. The first kappa shape index (κ1) is 13.7. The van der Waals surface area contributed by atoms with Crippen molar-refractivity contribution in [1.29, 1.82) is 0 Å². The van der Waals surface area contributed by atoms with Crippen molar-refractivity contribution in [2.75, 3.05) is 18.8 Å². The van der Waals surface area contributed by atoms with Gasteiger partial charge in [0.05, 0.1) is 5.75 Å². The van der Waals surface area contributed by atoms with E-state index in [9.17, 15) is 8.42 Å². The first-order chi connectivity index (χ1) is 7.47. The first-order valence-electron chi connectivity index (χ1n) is 5.81. The van der Waals surface area contributed by atoms with Crippen molar-refractivity contribution in [2.24, 2.45) is 11.7 Å². The van der Waals surface area contributed by atoms with E-state index < -0.39 is 10.0 Å². The number of piperidine rings is 1. The molecule has 4 nitrogen and oxygen atoms in total. The number of nitrogens with two attached hydrogens (primary N) is 1. The molecule has 0 amide bonds. The van der Waals surface area contributed by atoms with Crippen molar-refractivity contribution in [3.05, 3.63) is 12.7 Å². The van der Waals surface area contributed by atoms with E-state index in [1.165, 1.54) is 0 Å². The highest BCUT2D eigenvalue weighted by molar-refractivity contribution is 7.89. The van der Waals surface area contributed by atoms with Gasteiger partial charge in [-0.05, 0) is 32.1 Å². The number of allylic oxidation sites excluding steroid dienone is 1. The number of sulfonamides is 1. The van der Waals surface area contributed by atoms with Gasteiger partial charge >= 0.3 is 0 Å². The van der Waals surface area contributed by atoms with Crippen molar-refractivity contribution in [3.8, 4) is 0 Å². The van der Waals surface area contributed by atoms with Crippen LogP contribution in [0, 0.1) is 5.92 Å². The van der Waals surface area contributed by atoms with E-state index >= 15 is 0 Å². The largest absolute Gasteiger partial charge is 0.328 e. The highest BCUT2D eigenvalue weighted by Crippen LogP contribution is 2.21. The first-order valence-corrected chi connectivity index (χ1v) is 7.42. The molecule has 0 aromatic rings. The third kappa shape index (κ3) is 3.57. The fourth-order valence-corrected chi connectivity index (χ4v) is 3.57. The molecule has 0 aromatic heterocycles. The van der Waals surface area contributed by atoms with Crippen LogP contribution in [0.25, 0.3) is 0 Å². The Labute approximate surface area is 98.6 Å². The van der Waals surface area contributed by atoms with E-state index in [2.05, 4.69) is 6.58 Å². The molecule has 1 fully saturated rings. The zero-order valence-corrected chi connectivity index (χ0v) is 10.7. The van der Waals surface area contributed by atoms with E-state index in [0.717, 1.165) is 12.8 Å². The van der Waals surface area contributed by atoms with Gasteiger partial charge in [-0.25, -0.2) is 12.7 Å².